The van der Waals surface area contributed by atoms with Crippen LogP contribution in [0.25, 0.3) is 0 Å². The molecule has 3 heteroatoms. The van der Waals surface area contributed by atoms with Crippen molar-refractivity contribution in [3.05, 3.63) is 0 Å². The average Bonchev–Trinajstić information content (AvgIpc) is 2.17. The third-order valence-corrected chi connectivity index (χ3v) is 2.93. The molecule has 0 aromatic rings. The highest BCUT2D eigenvalue weighted by Crippen LogP contribution is 2.32. The smallest absolute Gasteiger partial charge is 0.140 e. The lowest BCUT2D eigenvalue weighted by Crippen LogP contribution is -2.16. The maximum atomic E-state index is 8.43. The van der Waals surface area contributed by atoms with Crippen LogP contribution < -0.4 is 0 Å². The molecule has 1 aliphatic heterocycles. The monoisotopic (exact) mass is 147 g/mol. The van der Waals surface area contributed by atoms with Gasteiger partial charge in [-0.25, -0.2) is 0 Å². The van der Waals surface area contributed by atoms with E-state index >= 15 is 0 Å². The van der Waals surface area contributed by atoms with Crippen LogP contribution in [0.3, 0.4) is 0 Å². The highest BCUT2D eigenvalue weighted by Gasteiger charge is 2.31. The average molecular weight is 148 g/mol. The summed E-state index contributed by atoms with van der Waals surface area (Å²) < 4.78 is 0. The number of thioether (sulfide) groups is 1. The minimum Gasteiger partial charge on any atom is -0.196 e. The molecule has 1 fully saturated rings. The standard InChI is InChI=1S/C5H6ClNS/c6-5(3-7)1-2-8-4-5/h1-2,4H2. The van der Waals surface area contributed by atoms with E-state index in [-0.39, 0.29) is 0 Å². The first kappa shape index (κ1) is 6.25. The Bertz CT molecular complexity index is 123. The number of nitrogens with zero attached hydrogens (tertiary/aromatic N) is 1. The van der Waals surface area contributed by atoms with Crippen molar-refractivity contribution in [1.29, 1.82) is 5.26 Å². The first-order valence-electron chi connectivity index (χ1n) is 2.45. The fraction of sp³-hybridized carbons (Fsp3) is 0.800. The highest BCUT2D eigenvalue weighted by molar-refractivity contribution is 7.99. The highest BCUT2D eigenvalue weighted by atomic mass is 35.5. The van der Waals surface area contributed by atoms with Gasteiger partial charge in [-0.3, -0.25) is 0 Å². The fourth-order valence-electron chi connectivity index (χ4n) is 0.628. The van der Waals surface area contributed by atoms with Crippen molar-refractivity contribution in [1.82, 2.24) is 0 Å². The Kier molecular flexibility index (Phi) is 1.69. The molecule has 0 aliphatic carbocycles. The van der Waals surface area contributed by atoms with Gasteiger partial charge in [0, 0.05) is 5.75 Å². The maximum Gasteiger partial charge on any atom is 0.140 e. The molecule has 0 spiro atoms. The number of halogens is 1. The summed E-state index contributed by atoms with van der Waals surface area (Å²) in [5.41, 5.74) is 0. The van der Waals surface area contributed by atoms with Crippen LogP contribution in [0.15, 0.2) is 0 Å². The van der Waals surface area contributed by atoms with Crippen LogP contribution in [0, 0.1) is 11.3 Å². The number of rotatable bonds is 0. The van der Waals surface area contributed by atoms with Gasteiger partial charge >= 0.3 is 0 Å². The minimum absolute atomic E-state index is 0.523. The first-order valence-corrected chi connectivity index (χ1v) is 3.98. The molecule has 1 rings (SSSR count). The molecule has 0 radical (unpaired) electrons. The topological polar surface area (TPSA) is 23.8 Å². The van der Waals surface area contributed by atoms with Crippen molar-refractivity contribution in [2.75, 3.05) is 11.5 Å². The van der Waals surface area contributed by atoms with Gasteiger partial charge in [-0.15, -0.1) is 11.6 Å². The van der Waals surface area contributed by atoms with E-state index in [1.807, 2.05) is 0 Å². The molecule has 1 nitrogen and oxygen atoms in total. The lowest BCUT2D eigenvalue weighted by molar-refractivity contribution is 0.807. The third kappa shape index (κ3) is 1.10. The van der Waals surface area contributed by atoms with Crippen LogP contribution in [0.4, 0.5) is 0 Å². The predicted molar refractivity (Wildman–Crippen MR) is 36.1 cm³/mol. The molecule has 0 aromatic carbocycles. The summed E-state index contributed by atoms with van der Waals surface area (Å²) in [6.07, 6.45) is 0.843. The molecule has 1 atom stereocenters. The SMILES string of the molecule is N#CC1(Cl)CCSC1. The van der Waals surface area contributed by atoms with Gasteiger partial charge < -0.3 is 0 Å². The Morgan fingerprint density at radius 3 is 2.75 bits per heavy atom. The molecular formula is C5H6ClNS. The minimum atomic E-state index is -0.523. The zero-order valence-electron chi connectivity index (χ0n) is 4.35. The van der Waals surface area contributed by atoms with Gasteiger partial charge in [-0.2, -0.15) is 17.0 Å². The van der Waals surface area contributed by atoms with Crippen LogP contribution in [0.5, 0.6) is 0 Å². The molecule has 1 saturated heterocycles. The second-order valence-corrected chi connectivity index (χ2v) is 3.71. The number of nitriles is 1. The summed E-state index contributed by atoms with van der Waals surface area (Å²) in [6.45, 7) is 0. The largest absolute Gasteiger partial charge is 0.196 e. The molecule has 1 aliphatic rings. The predicted octanol–water partition coefficient (Wildman–Crippen LogP) is 1.62. The maximum absolute atomic E-state index is 8.43. The summed E-state index contributed by atoms with van der Waals surface area (Å²) in [6, 6.07) is 2.08. The Hall–Kier alpha value is 0.130. The van der Waals surface area contributed by atoms with E-state index < -0.39 is 4.87 Å². The number of hydrogen-bond donors (Lipinski definition) is 0. The van der Waals surface area contributed by atoms with Crippen molar-refractivity contribution >= 4 is 23.4 Å². The van der Waals surface area contributed by atoms with Crippen LogP contribution in [-0.2, 0) is 0 Å². The molecule has 1 heterocycles. The second-order valence-electron chi connectivity index (χ2n) is 1.88. The second kappa shape index (κ2) is 2.16. The number of hydrogen-bond acceptors (Lipinski definition) is 2. The summed E-state index contributed by atoms with van der Waals surface area (Å²) in [4.78, 5) is -0.523. The summed E-state index contributed by atoms with van der Waals surface area (Å²) >= 11 is 7.52. The van der Waals surface area contributed by atoms with E-state index in [0.717, 1.165) is 17.9 Å². The van der Waals surface area contributed by atoms with Gasteiger partial charge in [-0.05, 0) is 12.2 Å². The zero-order valence-corrected chi connectivity index (χ0v) is 5.93. The van der Waals surface area contributed by atoms with Gasteiger partial charge in [0.25, 0.3) is 0 Å². The van der Waals surface area contributed by atoms with Crippen LogP contribution in [0.2, 0.25) is 0 Å². The van der Waals surface area contributed by atoms with Crippen molar-refractivity contribution in [2.45, 2.75) is 11.3 Å². The Morgan fingerprint density at radius 1 is 1.75 bits per heavy atom. The summed E-state index contributed by atoms with van der Waals surface area (Å²) in [7, 11) is 0. The van der Waals surface area contributed by atoms with Crippen molar-refractivity contribution < 1.29 is 0 Å². The zero-order chi connectivity index (χ0) is 6.04. The summed E-state index contributed by atoms with van der Waals surface area (Å²) in [5.74, 6) is 1.84. The van der Waals surface area contributed by atoms with E-state index in [1.54, 1.807) is 11.8 Å². The molecule has 0 saturated carbocycles. The lowest BCUT2D eigenvalue weighted by atomic mass is 10.1. The first-order chi connectivity index (χ1) is 3.77. The molecule has 0 amide bonds. The van der Waals surface area contributed by atoms with E-state index in [1.165, 1.54) is 0 Å². The molecular weight excluding hydrogens is 142 g/mol. The van der Waals surface area contributed by atoms with E-state index in [0.29, 0.717) is 0 Å². The quantitative estimate of drug-likeness (QED) is 0.487. The van der Waals surface area contributed by atoms with Gasteiger partial charge in [-0.1, -0.05) is 0 Å². The van der Waals surface area contributed by atoms with Gasteiger partial charge in [0.05, 0.1) is 6.07 Å². The summed E-state index contributed by atoms with van der Waals surface area (Å²) in [5, 5.41) is 8.43. The van der Waals surface area contributed by atoms with Gasteiger partial charge in [0.1, 0.15) is 4.87 Å². The Balaban J connectivity index is 2.56. The van der Waals surface area contributed by atoms with E-state index in [2.05, 4.69) is 6.07 Å². The van der Waals surface area contributed by atoms with Crippen molar-refractivity contribution in [2.24, 2.45) is 0 Å². The molecule has 0 N–H and O–H groups in total. The van der Waals surface area contributed by atoms with E-state index in [9.17, 15) is 0 Å². The Morgan fingerprint density at radius 2 is 2.50 bits per heavy atom. The van der Waals surface area contributed by atoms with Crippen molar-refractivity contribution in [3.63, 3.8) is 0 Å². The van der Waals surface area contributed by atoms with Crippen molar-refractivity contribution in [3.8, 4) is 6.07 Å². The normalized spacial score (nSPS) is 37.0. The molecule has 1 unspecified atom stereocenters. The molecule has 8 heavy (non-hydrogen) atoms. The van der Waals surface area contributed by atoms with Crippen LogP contribution >= 0.6 is 23.4 Å². The lowest BCUT2D eigenvalue weighted by Gasteiger charge is -2.05. The Labute approximate surface area is 58.0 Å². The third-order valence-electron chi connectivity index (χ3n) is 1.17. The molecule has 44 valence electrons. The fourth-order valence-corrected chi connectivity index (χ4v) is 2.24. The van der Waals surface area contributed by atoms with Crippen LogP contribution in [-0.4, -0.2) is 16.4 Å². The molecule has 0 bridgehead atoms. The van der Waals surface area contributed by atoms with Crippen LogP contribution in [0.1, 0.15) is 6.42 Å². The van der Waals surface area contributed by atoms with E-state index in [4.69, 9.17) is 16.9 Å². The van der Waals surface area contributed by atoms with Gasteiger partial charge in [0.15, 0.2) is 0 Å². The molecule has 0 aromatic heterocycles. The van der Waals surface area contributed by atoms with Gasteiger partial charge in [0.2, 0.25) is 0 Å². The number of alkyl halides is 1.